The summed E-state index contributed by atoms with van der Waals surface area (Å²) in [6.45, 7) is 7.38. The maximum absolute atomic E-state index is 13.1. The van der Waals surface area contributed by atoms with Gasteiger partial charge in [0.15, 0.2) is 12.2 Å². The van der Waals surface area contributed by atoms with Gasteiger partial charge in [0.2, 0.25) is 0 Å². The number of esters is 4. The van der Waals surface area contributed by atoms with Crippen LogP contribution in [-0.2, 0) is 65.4 Å². The Hall–Kier alpha value is -1.94. The Bertz CT molecular complexity index is 2000. The molecule has 0 saturated heterocycles. The fourth-order valence-corrected chi connectivity index (χ4v) is 15.1. The maximum atomic E-state index is 13.1. The Morgan fingerprint density at radius 2 is 0.438 bits per heavy atom. The summed E-state index contributed by atoms with van der Waals surface area (Å²) in [5.74, 6) is -1.28. The number of hydrogen-bond donors (Lipinski definition) is 3. The van der Waals surface area contributed by atoms with Crippen LogP contribution in [0.4, 0.5) is 0 Å². The fourth-order valence-electron chi connectivity index (χ4n) is 13.5. The van der Waals surface area contributed by atoms with Crippen molar-refractivity contribution in [1.29, 1.82) is 0 Å². The Balaban J connectivity index is 5.18. The van der Waals surface area contributed by atoms with Crippen LogP contribution in [0, 0.1) is 5.92 Å². The molecule has 0 radical (unpaired) electrons. The van der Waals surface area contributed by atoms with Crippen LogP contribution in [0.15, 0.2) is 0 Å². The van der Waals surface area contributed by atoms with Gasteiger partial charge < -0.3 is 33.8 Å². The largest absolute Gasteiger partial charge is 0.472 e. The lowest BCUT2D eigenvalue weighted by Crippen LogP contribution is -2.30. The molecule has 2 unspecified atom stereocenters. The number of hydrogen-bond acceptors (Lipinski definition) is 15. The summed E-state index contributed by atoms with van der Waals surface area (Å²) < 4.78 is 68.8. The van der Waals surface area contributed by atoms with Crippen LogP contribution in [-0.4, -0.2) is 96.7 Å². The van der Waals surface area contributed by atoms with Crippen molar-refractivity contribution in [2.24, 2.45) is 5.92 Å². The number of rotatable bonds is 86. The molecule has 5 atom stereocenters. The second-order valence-corrected chi connectivity index (χ2v) is 34.3. The molecule has 0 aliphatic carbocycles. The molecule has 0 fully saturated rings. The zero-order valence-corrected chi connectivity index (χ0v) is 70.7. The number of carbonyl (C=O) groups excluding carboxylic acids is 4. The molecule has 19 heteroatoms. The summed E-state index contributed by atoms with van der Waals surface area (Å²) >= 11 is 0. The first-order chi connectivity index (χ1) is 51.0. The Morgan fingerprint density at radius 3 is 0.648 bits per heavy atom. The summed E-state index contributed by atoms with van der Waals surface area (Å²) in [6.07, 6.45) is 72.3. The van der Waals surface area contributed by atoms with Gasteiger partial charge >= 0.3 is 39.5 Å². The summed E-state index contributed by atoms with van der Waals surface area (Å²) in [4.78, 5) is 73.1. The summed E-state index contributed by atoms with van der Waals surface area (Å²) in [6, 6.07) is 0. The van der Waals surface area contributed by atoms with Gasteiger partial charge in [-0.2, -0.15) is 0 Å². The minimum absolute atomic E-state index is 0.108. The van der Waals surface area contributed by atoms with Crippen molar-refractivity contribution in [1.82, 2.24) is 0 Å². The monoisotopic (exact) mass is 1540 g/mol. The summed E-state index contributed by atoms with van der Waals surface area (Å²) in [5.41, 5.74) is 0. The topological polar surface area (TPSA) is 237 Å². The van der Waals surface area contributed by atoms with Crippen LogP contribution in [0.2, 0.25) is 0 Å². The average Bonchev–Trinajstić information content (AvgIpc) is 0.915. The molecule has 0 aromatic rings. The maximum Gasteiger partial charge on any atom is 0.472 e. The zero-order valence-electron chi connectivity index (χ0n) is 68.9. The van der Waals surface area contributed by atoms with Crippen molar-refractivity contribution < 1.29 is 80.2 Å². The normalized spacial score (nSPS) is 13.8. The number of aliphatic hydroxyl groups is 1. The zero-order chi connectivity index (χ0) is 76.9. The third-order valence-corrected chi connectivity index (χ3v) is 22.2. The van der Waals surface area contributed by atoms with E-state index in [0.29, 0.717) is 25.7 Å². The van der Waals surface area contributed by atoms with Crippen LogP contribution in [0.1, 0.15) is 465 Å². The SMILES string of the molecule is CCCCCCCCCCCCCCCCCCCCCCCCC(=O)O[C@H](COC(=O)CCCCCCCCCCCCCCCCCCCCC(C)C)COP(=O)(O)OC[C@@H](O)COP(=O)(O)OC[C@@H](COC(=O)CCCCCCCCCCCC)OC(=O)CCCCCCCCCCCCCC. The van der Waals surface area contributed by atoms with Crippen LogP contribution < -0.4 is 0 Å². The lowest BCUT2D eigenvalue weighted by atomic mass is 10.0. The molecule has 624 valence electrons. The van der Waals surface area contributed by atoms with Crippen LogP contribution in [0.25, 0.3) is 0 Å². The highest BCUT2D eigenvalue weighted by Crippen LogP contribution is 2.45. The Morgan fingerprint density at radius 1 is 0.257 bits per heavy atom. The van der Waals surface area contributed by atoms with Gasteiger partial charge in [0.25, 0.3) is 0 Å². The quantitative estimate of drug-likeness (QED) is 0.0222. The number of ether oxygens (including phenoxy) is 4. The molecule has 0 rings (SSSR count). The predicted octanol–water partition coefficient (Wildman–Crippen LogP) is 26.4. The Labute approximate surface area is 645 Å². The van der Waals surface area contributed by atoms with Gasteiger partial charge in [0.05, 0.1) is 26.4 Å². The van der Waals surface area contributed by atoms with E-state index in [1.807, 2.05) is 0 Å². The van der Waals surface area contributed by atoms with Crippen molar-refractivity contribution in [3.05, 3.63) is 0 Å². The van der Waals surface area contributed by atoms with E-state index in [1.54, 1.807) is 0 Å². The van der Waals surface area contributed by atoms with E-state index in [0.717, 1.165) is 95.8 Å². The van der Waals surface area contributed by atoms with E-state index in [2.05, 4.69) is 34.6 Å². The standard InChI is InChI=1S/C86H168O17P2/c1-6-9-12-15-18-21-24-26-27-28-29-30-31-32-37-40-43-47-52-57-62-67-72-86(91)103-82(76-97-84(89)70-65-60-55-50-46-42-39-36-34-33-35-38-41-44-48-53-58-63-68-79(4)5)78-101-105(94,95)99-74-80(87)73-98-104(92,93)100-77-81(75-96-83(88)69-64-59-54-49-23-20-17-14-11-8-3)102-85(90)71-66-61-56-51-45-25-22-19-16-13-10-7-2/h79-82,87H,6-78H2,1-5H3,(H,92,93)(H,94,95)/t80-,81+,82+/m0/s1. The van der Waals surface area contributed by atoms with Gasteiger partial charge in [-0.1, -0.05) is 413 Å². The molecule has 0 spiro atoms. The smallest absolute Gasteiger partial charge is 0.462 e. The van der Waals surface area contributed by atoms with Gasteiger partial charge in [-0.15, -0.1) is 0 Å². The minimum Gasteiger partial charge on any atom is -0.462 e. The highest BCUT2D eigenvalue weighted by Gasteiger charge is 2.30. The molecule has 0 saturated carbocycles. The van der Waals surface area contributed by atoms with Crippen LogP contribution in [0.3, 0.4) is 0 Å². The van der Waals surface area contributed by atoms with Gasteiger partial charge in [-0.25, -0.2) is 9.13 Å². The minimum atomic E-state index is -4.96. The average molecular weight is 1540 g/mol. The highest BCUT2D eigenvalue weighted by molar-refractivity contribution is 7.47. The van der Waals surface area contributed by atoms with Crippen LogP contribution >= 0.6 is 15.6 Å². The van der Waals surface area contributed by atoms with E-state index in [4.69, 9.17) is 37.0 Å². The number of aliphatic hydroxyl groups excluding tert-OH is 1. The number of carbonyl (C=O) groups is 4. The fraction of sp³-hybridized carbons (Fsp3) is 0.953. The van der Waals surface area contributed by atoms with Crippen molar-refractivity contribution in [3.8, 4) is 0 Å². The molecular formula is C86H168O17P2. The third-order valence-electron chi connectivity index (χ3n) is 20.3. The molecule has 0 heterocycles. The van der Waals surface area contributed by atoms with Gasteiger partial charge in [-0.3, -0.25) is 37.3 Å². The number of phosphoric ester groups is 2. The van der Waals surface area contributed by atoms with Gasteiger partial charge in [0.1, 0.15) is 19.3 Å². The lowest BCUT2D eigenvalue weighted by molar-refractivity contribution is -0.161. The molecule has 0 aromatic heterocycles. The van der Waals surface area contributed by atoms with E-state index < -0.39 is 97.5 Å². The molecule has 17 nitrogen and oxygen atoms in total. The van der Waals surface area contributed by atoms with Crippen molar-refractivity contribution in [3.63, 3.8) is 0 Å². The third kappa shape index (κ3) is 79.9. The van der Waals surface area contributed by atoms with Gasteiger partial charge in [-0.05, 0) is 31.6 Å². The molecule has 0 bridgehead atoms. The first kappa shape index (κ1) is 103. The second-order valence-electron chi connectivity index (χ2n) is 31.4. The summed E-state index contributed by atoms with van der Waals surface area (Å²) in [7, 11) is -9.92. The van der Waals surface area contributed by atoms with E-state index in [1.165, 1.54) is 289 Å². The molecular weight excluding hydrogens is 1370 g/mol. The van der Waals surface area contributed by atoms with Crippen molar-refractivity contribution in [2.45, 2.75) is 483 Å². The van der Waals surface area contributed by atoms with Crippen molar-refractivity contribution in [2.75, 3.05) is 39.6 Å². The van der Waals surface area contributed by atoms with E-state index in [9.17, 15) is 43.2 Å². The molecule has 0 amide bonds. The molecule has 3 N–H and O–H groups in total. The first-order valence-corrected chi connectivity index (χ1v) is 47.6. The van der Waals surface area contributed by atoms with Crippen molar-refractivity contribution >= 4 is 39.5 Å². The number of unbranched alkanes of at least 4 members (excludes halogenated alkanes) is 58. The molecule has 0 aliphatic heterocycles. The first-order valence-electron chi connectivity index (χ1n) is 44.6. The second kappa shape index (κ2) is 78.7. The van der Waals surface area contributed by atoms with Gasteiger partial charge in [0, 0.05) is 25.7 Å². The predicted molar refractivity (Wildman–Crippen MR) is 432 cm³/mol. The Kier molecular flexibility index (Phi) is 77.3. The molecule has 105 heavy (non-hydrogen) atoms. The van der Waals surface area contributed by atoms with E-state index >= 15 is 0 Å². The lowest BCUT2D eigenvalue weighted by Gasteiger charge is -2.21. The highest BCUT2D eigenvalue weighted by atomic mass is 31.2. The summed E-state index contributed by atoms with van der Waals surface area (Å²) in [5, 5.41) is 10.7. The number of phosphoric acid groups is 2. The van der Waals surface area contributed by atoms with Crippen LogP contribution in [0.5, 0.6) is 0 Å². The molecule has 0 aromatic carbocycles. The van der Waals surface area contributed by atoms with E-state index in [-0.39, 0.29) is 25.7 Å². The molecule has 0 aliphatic rings.